The molecule has 3 aromatic carbocycles. The summed E-state index contributed by atoms with van der Waals surface area (Å²) >= 11 is 0. The van der Waals surface area contributed by atoms with Crippen LogP contribution in [0.1, 0.15) is 22.8 Å². The van der Waals surface area contributed by atoms with E-state index in [4.69, 9.17) is 14.9 Å². The highest BCUT2D eigenvalue weighted by Crippen LogP contribution is 2.42. The molecule has 1 unspecified atom stereocenters. The Morgan fingerprint density at radius 2 is 1.68 bits per heavy atom. The lowest BCUT2D eigenvalue weighted by Gasteiger charge is -2.14. The fraction of sp³-hybridized carbons (Fsp3) is 0.0952. The molecule has 124 valence electrons. The Balaban J connectivity index is 1.78. The molecule has 0 saturated carbocycles. The van der Waals surface area contributed by atoms with Crippen LogP contribution in [0.2, 0.25) is 0 Å². The van der Waals surface area contributed by atoms with Crippen molar-refractivity contribution in [2.24, 2.45) is 0 Å². The lowest BCUT2D eigenvalue weighted by Crippen LogP contribution is -2.04. The van der Waals surface area contributed by atoms with Crippen molar-refractivity contribution in [2.75, 3.05) is 0 Å². The molecule has 1 aliphatic heterocycles. The van der Waals surface area contributed by atoms with Crippen LogP contribution in [-0.4, -0.2) is 11.1 Å². The lowest BCUT2D eigenvalue weighted by atomic mass is 9.92. The Kier molecular flexibility index (Phi) is 3.96. The Bertz CT molecular complexity index is 918. The molecule has 0 radical (unpaired) electrons. The highest BCUT2D eigenvalue weighted by molar-refractivity contribution is 5.71. The Morgan fingerprint density at radius 3 is 2.48 bits per heavy atom. The summed E-state index contributed by atoms with van der Waals surface area (Å²) in [5, 5.41) is 9.03. The van der Waals surface area contributed by atoms with Gasteiger partial charge in [-0.1, -0.05) is 60.7 Å². The predicted octanol–water partition coefficient (Wildman–Crippen LogP) is 4.39. The van der Waals surface area contributed by atoms with E-state index in [9.17, 15) is 4.79 Å². The van der Waals surface area contributed by atoms with Crippen LogP contribution < -0.4 is 4.89 Å². The van der Waals surface area contributed by atoms with Crippen LogP contribution in [0.25, 0.3) is 11.1 Å². The second-order valence-corrected chi connectivity index (χ2v) is 5.96. The molecule has 3 aromatic rings. The Hall–Kier alpha value is -3.11. The van der Waals surface area contributed by atoms with Gasteiger partial charge in [0.05, 0.1) is 6.42 Å². The fourth-order valence-electron chi connectivity index (χ4n) is 3.14. The number of hydrogen-bond donors (Lipinski definition) is 1. The van der Waals surface area contributed by atoms with Gasteiger partial charge in [0.1, 0.15) is 0 Å². The lowest BCUT2D eigenvalue weighted by molar-refractivity contribution is -0.212. The zero-order chi connectivity index (χ0) is 17.2. The first-order valence-corrected chi connectivity index (χ1v) is 8.04. The first-order valence-electron chi connectivity index (χ1n) is 8.04. The molecule has 0 aliphatic carbocycles. The third-order valence-electron chi connectivity index (χ3n) is 4.27. The average Bonchev–Trinajstić information content (AvgIpc) is 3.05. The first kappa shape index (κ1) is 15.4. The molecule has 4 nitrogen and oxygen atoms in total. The second-order valence-electron chi connectivity index (χ2n) is 5.96. The quantitative estimate of drug-likeness (QED) is 0.720. The van der Waals surface area contributed by atoms with Crippen molar-refractivity contribution in [3.05, 3.63) is 89.5 Å². The van der Waals surface area contributed by atoms with Gasteiger partial charge in [0, 0.05) is 5.56 Å². The van der Waals surface area contributed by atoms with Crippen molar-refractivity contribution in [3.8, 4) is 16.9 Å². The minimum atomic E-state index is -0.860. The summed E-state index contributed by atoms with van der Waals surface area (Å²) < 4.78 is 0. The van der Waals surface area contributed by atoms with Gasteiger partial charge in [-0.15, -0.1) is 0 Å². The smallest absolute Gasteiger partial charge is 0.307 e. The molecule has 1 N–H and O–H groups in total. The van der Waals surface area contributed by atoms with Crippen LogP contribution in [0, 0.1) is 0 Å². The monoisotopic (exact) mass is 332 g/mol. The third kappa shape index (κ3) is 2.99. The van der Waals surface area contributed by atoms with Gasteiger partial charge in [-0.05, 0) is 34.4 Å². The summed E-state index contributed by atoms with van der Waals surface area (Å²) in [6, 6.07) is 23.5. The topological polar surface area (TPSA) is 55.8 Å². The summed E-state index contributed by atoms with van der Waals surface area (Å²) in [6.07, 6.45) is -0.416. The van der Waals surface area contributed by atoms with Gasteiger partial charge in [-0.3, -0.25) is 4.79 Å². The standard InChI is InChI=1S/C21H16O4/c22-20(23)13-14-10-11-19-18(12-14)21(25-24-19)17-9-5-4-8-16(17)15-6-2-1-3-7-15/h1-12,21H,13H2,(H,22,23). The van der Waals surface area contributed by atoms with E-state index < -0.39 is 5.97 Å². The van der Waals surface area contributed by atoms with Gasteiger partial charge in [-0.25, -0.2) is 0 Å². The molecule has 0 saturated heterocycles. The minimum Gasteiger partial charge on any atom is -0.481 e. The first-order chi connectivity index (χ1) is 12.2. The Morgan fingerprint density at radius 1 is 0.920 bits per heavy atom. The number of carboxylic acids is 1. The molecular formula is C21H16O4. The molecule has 0 spiro atoms. The molecule has 4 heteroatoms. The fourth-order valence-corrected chi connectivity index (χ4v) is 3.14. The van der Waals surface area contributed by atoms with E-state index in [1.54, 1.807) is 12.1 Å². The number of fused-ring (bicyclic) bond motifs is 1. The zero-order valence-electron chi connectivity index (χ0n) is 13.4. The van der Waals surface area contributed by atoms with Crippen molar-refractivity contribution in [1.82, 2.24) is 0 Å². The number of aliphatic carboxylic acids is 1. The molecule has 0 aromatic heterocycles. The van der Waals surface area contributed by atoms with Gasteiger partial charge < -0.3 is 9.99 Å². The maximum absolute atomic E-state index is 11.0. The number of benzene rings is 3. The number of hydrogen-bond acceptors (Lipinski definition) is 3. The van der Waals surface area contributed by atoms with E-state index in [0.29, 0.717) is 5.75 Å². The van der Waals surface area contributed by atoms with Crippen LogP contribution in [0.5, 0.6) is 5.75 Å². The summed E-state index contributed by atoms with van der Waals surface area (Å²) in [5.41, 5.74) is 4.72. The summed E-state index contributed by atoms with van der Waals surface area (Å²) in [4.78, 5) is 22.0. The SMILES string of the molecule is O=C(O)Cc1ccc2c(c1)C(c1ccccc1-c1ccccc1)OO2. The minimum absolute atomic E-state index is 0.0274. The van der Waals surface area contributed by atoms with Gasteiger partial charge in [0.2, 0.25) is 0 Å². The van der Waals surface area contributed by atoms with Crippen molar-refractivity contribution < 1.29 is 19.7 Å². The van der Waals surface area contributed by atoms with Crippen molar-refractivity contribution in [2.45, 2.75) is 12.5 Å². The molecule has 1 atom stereocenters. The van der Waals surface area contributed by atoms with Crippen LogP contribution in [0.3, 0.4) is 0 Å². The van der Waals surface area contributed by atoms with Crippen LogP contribution in [0.4, 0.5) is 0 Å². The maximum Gasteiger partial charge on any atom is 0.307 e. The number of rotatable bonds is 4. The van der Waals surface area contributed by atoms with Crippen molar-refractivity contribution >= 4 is 5.97 Å². The van der Waals surface area contributed by atoms with E-state index in [2.05, 4.69) is 12.1 Å². The highest BCUT2D eigenvalue weighted by Gasteiger charge is 2.30. The maximum atomic E-state index is 11.0. The highest BCUT2D eigenvalue weighted by atomic mass is 17.2. The van der Waals surface area contributed by atoms with Gasteiger partial charge in [-0.2, -0.15) is 4.89 Å². The largest absolute Gasteiger partial charge is 0.481 e. The van der Waals surface area contributed by atoms with Gasteiger partial charge >= 0.3 is 5.97 Å². The predicted molar refractivity (Wildman–Crippen MR) is 93.2 cm³/mol. The molecule has 0 amide bonds. The summed E-state index contributed by atoms with van der Waals surface area (Å²) in [7, 11) is 0. The summed E-state index contributed by atoms with van der Waals surface area (Å²) in [6.45, 7) is 0. The van der Waals surface area contributed by atoms with Crippen molar-refractivity contribution in [3.63, 3.8) is 0 Å². The number of carboxylic acid groups (broad SMARTS) is 1. The molecule has 25 heavy (non-hydrogen) atoms. The normalized spacial score (nSPS) is 15.4. The van der Waals surface area contributed by atoms with E-state index in [-0.39, 0.29) is 12.5 Å². The number of carbonyl (C=O) groups is 1. The zero-order valence-corrected chi connectivity index (χ0v) is 13.4. The summed E-state index contributed by atoms with van der Waals surface area (Å²) in [5.74, 6) is -0.233. The Labute approximate surface area is 145 Å². The molecule has 1 heterocycles. The molecule has 1 aliphatic rings. The molecular weight excluding hydrogens is 316 g/mol. The van der Waals surface area contributed by atoms with Crippen LogP contribution >= 0.6 is 0 Å². The van der Waals surface area contributed by atoms with E-state index >= 15 is 0 Å². The second kappa shape index (κ2) is 6.42. The van der Waals surface area contributed by atoms with Gasteiger partial charge in [0.25, 0.3) is 0 Å². The van der Waals surface area contributed by atoms with E-state index in [1.807, 2.05) is 48.5 Å². The van der Waals surface area contributed by atoms with Crippen LogP contribution in [0.15, 0.2) is 72.8 Å². The van der Waals surface area contributed by atoms with Crippen molar-refractivity contribution in [1.29, 1.82) is 0 Å². The molecule has 0 fully saturated rings. The van der Waals surface area contributed by atoms with Gasteiger partial charge in [0.15, 0.2) is 11.9 Å². The molecule has 4 rings (SSSR count). The third-order valence-corrected chi connectivity index (χ3v) is 4.27. The van der Waals surface area contributed by atoms with E-state index in [1.165, 1.54) is 0 Å². The van der Waals surface area contributed by atoms with Crippen LogP contribution in [-0.2, 0) is 16.1 Å². The van der Waals surface area contributed by atoms with E-state index in [0.717, 1.165) is 27.8 Å². The average molecular weight is 332 g/mol. The molecule has 0 bridgehead atoms.